The van der Waals surface area contributed by atoms with Crippen molar-refractivity contribution in [2.24, 2.45) is 5.92 Å². The summed E-state index contributed by atoms with van der Waals surface area (Å²) in [5, 5.41) is 3.28. The van der Waals surface area contributed by atoms with E-state index in [4.69, 9.17) is 0 Å². The third kappa shape index (κ3) is 5.32. The van der Waals surface area contributed by atoms with Crippen molar-refractivity contribution in [1.82, 2.24) is 24.3 Å². The Morgan fingerprint density at radius 2 is 1.73 bits per heavy atom. The van der Waals surface area contributed by atoms with Crippen molar-refractivity contribution in [1.29, 1.82) is 0 Å². The van der Waals surface area contributed by atoms with Crippen LogP contribution in [0, 0.1) is 11.7 Å². The molecule has 1 aliphatic carbocycles. The molecule has 0 radical (unpaired) electrons. The van der Waals surface area contributed by atoms with Crippen LogP contribution in [0.3, 0.4) is 0 Å². The van der Waals surface area contributed by atoms with Crippen LogP contribution < -0.4 is 16.6 Å². The summed E-state index contributed by atoms with van der Waals surface area (Å²) in [4.78, 5) is 57.7. The molecule has 200 valence electrons. The van der Waals surface area contributed by atoms with E-state index in [2.05, 4.69) is 10.3 Å². The van der Waals surface area contributed by atoms with E-state index in [-0.39, 0.29) is 52.6 Å². The summed E-state index contributed by atoms with van der Waals surface area (Å²) < 4.78 is 17.0. The first-order chi connectivity index (χ1) is 17.8. The average molecular weight is 532 g/mol. The summed E-state index contributed by atoms with van der Waals surface area (Å²) in [7, 11) is 0. The molecule has 9 nitrogen and oxygen atoms in total. The largest absolute Gasteiger partial charge is 0.353 e. The van der Waals surface area contributed by atoms with Gasteiger partial charge in [0.1, 0.15) is 11.5 Å². The van der Waals surface area contributed by atoms with Gasteiger partial charge in [0, 0.05) is 38.1 Å². The minimum absolute atomic E-state index is 0.00782. The second-order valence-corrected chi connectivity index (χ2v) is 11.7. The Balaban J connectivity index is 1.34. The highest BCUT2D eigenvalue weighted by Crippen LogP contribution is 2.30. The summed E-state index contributed by atoms with van der Waals surface area (Å²) in [5.74, 6) is 1.01. The first kappa shape index (κ1) is 25.9. The van der Waals surface area contributed by atoms with E-state index in [1.807, 2.05) is 11.8 Å². The van der Waals surface area contributed by atoms with Gasteiger partial charge in [-0.25, -0.2) is 14.2 Å². The zero-order valence-electron chi connectivity index (χ0n) is 21.2. The number of amides is 2. The molecular weight excluding hydrogens is 497 g/mol. The van der Waals surface area contributed by atoms with Gasteiger partial charge in [-0.15, -0.1) is 0 Å². The third-order valence-corrected chi connectivity index (χ3v) is 9.17. The van der Waals surface area contributed by atoms with Crippen LogP contribution in [-0.2, 0) is 9.59 Å². The number of carbonyl (C=O) groups is 2. The molecule has 1 unspecified atom stereocenters. The van der Waals surface area contributed by atoms with E-state index in [0.717, 1.165) is 43.4 Å². The summed E-state index contributed by atoms with van der Waals surface area (Å²) in [6.45, 7) is 2.68. The maximum Gasteiger partial charge on any atom is 0.333 e. The lowest BCUT2D eigenvalue weighted by molar-refractivity contribution is -0.134. The van der Waals surface area contributed by atoms with Crippen LogP contribution in [0.15, 0.2) is 21.9 Å². The number of hydrogen-bond donors (Lipinski definition) is 1. The standard InChI is InChI=1S/C26H34FN5O4S/c1-16(33)30-10-2-3-17(15-30)24(34)29-19-4-6-20(7-5-19)32-25(35)22-13-18(27)14-28-23(22)31(26(32)36)21-8-11-37-12-9-21/h13-14,17,19-21H,2-12,15H2,1H3,(H,29,34). The number of pyridine rings is 1. The Kier molecular flexibility index (Phi) is 7.69. The number of nitrogens with one attached hydrogen (secondary N) is 1. The maximum atomic E-state index is 14.1. The molecule has 2 saturated heterocycles. The lowest BCUT2D eigenvalue weighted by atomic mass is 9.89. The molecule has 1 atom stereocenters. The molecule has 1 N–H and O–H groups in total. The molecule has 0 aromatic carbocycles. The molecule has 4 heterocycles. The number of fused-ring (bicyclic) bond motifs is 1. The number of nitrogens with zero attached hydrogens (tertiary/aromatic N) is 4. The van der Waals surface area contributed by atoms with Gasteiger partial charge in [0.15, 0.2) is 0 Å². The van der Waals surface area contributed by atoms with Crippen LogP contribution in [0.1, 0.15) is 70.4 Å². The number of halogens is 1. The van der Waals surface area contributed by atoms with Crippen molar-refractivity contribution in [3.63, 3.8) is 0 Å². The Bertz CT molecular complexity index is 1300. The van der Waals surface area contributed by atoms with Crippen molar-refractivity contribution in [2.75, 3.05) is 24.6 Å². The first-order valence-corrected chi connectivity index (χ1v) is 14.4. The van der Waals surface area contributed by atoms with E-state index in [9.17, 15) is 23.6 Å². The monoisotopic (exact) mass is 531 g/mol. The van der Waals surface area contributed by atoms with Gasteiger partial charge >= 0.3 is 5.69 Å². The minimum Gasteiger partial charge on any atom is -0.353 e. The Labute approximate surface area is 218 Å². The lowest BCUT2D eigenvalue weighted by Crippen LogP contribution is -2.49. The fourth-order valence-corrected chi connectivity index (χ4v) is 7.16. The lowest BCUT2D eigenvalue weighted by Gasteiger charge is -2.34. The van der Waals surface area contributed by atoms with E-state index in [1.165, 1.54) is 17.6 Å². The average Bonchev–Trinajstić information content (AvgIpc) is 2.91. The number of carbonyl (C=O) groups excluding carboxylic acids is 2. The maximum absolute atomic E-state index is 14.1. The van der Waals surface area contributed by atoms with E-state index in [1.54, 1.807) is 9.47 Å². The van der Waals surface area contributed by atoms with E-state index < -0.39 is 11.4 Å². The highest BCUT2D eigenvalue weighted by Gasteiger charge is 2.32. The molecule has 2 aliphatic heterocycles. The molecule has 2 amide bonds. The molecule has 37 heavy (non-hydrogen) atoms. The second-order valence-electron chi connectivity index (χ2n) is 10.5. The minimum atomic E-state index is -0.599. The summed E-state index contributed by atoms with van der Waals surface area (Å²) in [6.07, 6.45) is 6.68. The first-order valence-electron chi connectivity index (χ1n) is 13.3. The van der Waals surface area contributed by atoms with Crippen molar-refractivity contribution < 1.29 is 14.0 Å². The smallest absolute Gasteiger partial charge is 0.333 e. The van der Waals surface area contributed by atoms with Crippen LogP contribution >= 0.6 is 11.8 Å². The SMILES string of the molecule is CC(=O)N1CCCC(C(=O)NC2CCC(n3c(=O)c4cc(F)cnc4n(C4CCSCC4)c3=O)CC2)C1. The van der Waals surface area contributed by atoms with Crippen LogP contribution in [0.4, 0.5) is 4.39 Å². The Hall–Kier alpha value is -2.69. The van der Waals surface area contributed by atoms with Crippen molar-refractivity contribution in [3.8, 4) is 0 Å². The predicted molar refractivity (Wildman–Crippen MR) is 140 cm³/mol. The van der Waals surface area contributed by atoms with Crippen LogP contribution in [-0.4, -0.2) is 61.5 Å². The fourth-order valence-electron chi connectivity index (χ4n) is 6.07. The van der Waals surface area contributed by atoms with E-state index in [0.29, 0.717) is 38.8 Å². The van der Waals surface area contributed by atoms with Gasteiger partial charge in [0.05, 0.1) is 17.5 Å². The van der Waals surface area contributed by atoms with Gasteiger partial charge in [-0.2, -0.15) is 11.8 Å². The highest BCUT2D eigenvalue weighted by atomic mass is 32.2. The molecule has 5 rings (SSSR count). The predicted octanol–water partition coefficient (Wildman–Crippen LogP) is 2.62. The van der Waals surface area contributed by atoms with Gasteiger partial charge in [-0.05, 0) is 68.9 Å². The Morgan fingerprint density at radius 1 is 1.03 bits per heavy atom. The number of aromatic nitrogens is 3. The number of likely N-dealkylation sites (tertiary alicyclic amines) is 1. The molecular formula is C26H34FN5O4S. The number of rotatable bonds is 4. The molecule has 0 bridgehead atoms. The van der Waals surface area contributed by atoms with Gasteiger partial charge < -0.3 is 10.2 Å². The zero-order chi connectivity index (χ0) is 26.1. The number of piperidine rings is 1. The van der Waals surface area contributed by atoms with Crippen LogP contribution in [0.25, 0.3) is 11.0 Å². The third-order valence-electron chi connectivity index (χ3n) is 8.12. The molecule has 3 fully saturated rings. The van der Waals surface area contributed by atoms with Crippen molar-refractivity contribution >= 4 is 34.6 Å². The van der Waals surface area contributed by atoms with Crippen LogP contribution in [0.5, 0.6) is 0 Å². The summed E-state index contributed by atoms with van der Waals surface area (Å²) in [6, 6.07) is 0.772. The normalized spacial score (nSPS) is 25.2. The van der Waals surface area contributed by atoms with Crippen molar-refractivity contribution in [3.05, 3.63) is 38.9 Å². The number of thioether (sulfide) groups is 1. The molecule has 0 spiro atoms. The Morgan fingerprint density at radius 3 is 2.43 bits per heavy atom. The summed E-state index contributed by atoms with van der Waals surface area (Å²) >= 11 is 1.84. The molecule has 3 aliphatic rings. The van der Waals surface area contributed by atoms with E-state index >= 15 is 0 Å². The quantitative estimate of drug-likeness (QED) is 0.650. The molecule has 2 aromatic rings. The summed E-state index contributed by atoms with van der Waals surface area (Å²) in [5.41, 5.74) is -0.599. The second kappa shape index (κ2) is 11.0. The fraction of sp³-hybridized carbons (Fsp3) is 0.654. The van der Waals surface area contributed by atoms with Crippen molar-refractivity contribution in [2.45, 2.75) is 76.4 Å². The van der Waals surface area contributed by atoms with Gasteiger partial charge in [-0.1, -0.05) is 0 Å². The highest BCUT2D eigenvalue weighted by molar-refractivity contribution is 7.99. The molecule has 2 aromatic heterocycles. The number of hydrogen-bond acceptors (Lipinski definition) is 6. The van der Waals surface area contributed by atoms with Gasteiger partial charge in [0.2, 0.25) is 11.8 Å². The zero-order valence-corrected chi connectivity index (χ0v) is 22.0. The topological polar surface area (TPSA) is 106 Å². The van der Waals surface area contributed by atoms with Gasteiger partial charge in [0.25, 0.3) is 5.56 Å². The molecule has 11 heteroatoms. The van der Waals surface area contributed by atoms with Gasteiger partial charge in [-0.3, -0.25) is 23.5 Å². The molecule has 1 saturated carbocycles. The van der Waals surface area contributed by atoms with Crippen LogP contribution in [0.2, 0.25) is 0 Å².